The minimum absolute atomic E-state index is 0.0122. The van der Waals surface area contributed by atoms with E-state index >= 15 is 0 Å². The maximum absolute atomic E-state index is 13.2. The lowest BCUT2D eigenvalue weighted by atomic mass is 10.00. The minimum atomic E-state index is -0.811. The fourth-order valence-corrected chi connectivity index (χ4v) is 6.51. The third kappa shape index (κ3) is 4.77. The van der Waals surface area contributed by atoms with E-state index in [9.17, 15) is 14.7 Å². The molecule has 1 N–H and O–H groups in total. The Morgan fingerprint density at radius 3 is 2.53 bits per heavy atom. The molecule has 2 aromatic heterocycles. The van der Waals surface area contributed by atoms with Crippen molar-refractivity contribution in [2.75, 3.05) is 12.0 Å². The van der Waals surface area contributed by atoms with Crippen LogP contribution in [-0.4, -0.2) is 34.1 Å². The summed E-state index contributed by atoms with van der Waals surface area (Å²) < 4.78 is 5.83. The van der Waals surface area contributed by atoms with Gasteiger partial charge in [0.25, 0.3) is 5.78 Å². The predicted octanol–water partition coefficient (Wildman–Crippen LogP) is 6.18. The number of benzene rings is 2. The third-order valence-electron chi connectivity index (χ3n) is 5.50. The Labute approximate surface area is 224 Å². The molecular formula is C25H18ClN3O4S3. The molecule has 0 spiro atoms. The topological polar surface area (TPSA) is 92.6 Å². The summed E-state index contributed by atoms with van der Waals surface area (Å²) in [5.41, 5.74) is 1.49. The van der Waals surface area contributed by atoms with Gasteiger partial charge in [-0.25, -0.2) is 0 Å². The molecule has 1 atom stereocenters. The number of carbonyl (C=O) groups excluding carboxylic acids is 2. The van der Waals surface area contributed by atoms with Gasteiger partial charge in [-0.15, -0.1) is 21.5 Å². The molecule has 0 aliphatic carbocycles. The number of Topliss-reactive ketones (excluding diaryl/α,β-unsaturated/α-hetero) is 1. The first-order valence-corrected chi connectivity index (χ1v) is 13.7. The molecule has 0 radical (unpaired) electrons. The van der Waals surface area contributed by atoms with Crippen molar-refractivity contribution in [3.05, 3.63) is 92.6 Å². The van der Waals surface area contributed by atoms with Gasteiger partial charge in [-0.1, -0.05) is 52.9 Å². The number of rotatable bonds is 7. The lowest BCUT2D eigenvalue weighted by Gasteiger charge is -2.20. The van der Waals surface area contributed by atoms with Crippen molar-refractivity contribution in [2.45, 2.75) is 16.1 Å². The zero-order valence-electron chi connectivity index (χ0n) is 18.8. The number of hydrogen-bond donors (Lipinski definition) is 1. The predicted molar refractivity (Wildman–Crippen MR) is 143 cm³/mol. The van der Waals surface area contributed by atoms with E-state index in [1.807, 2.05) is 41.8 Å². The van der Waals surface area contributed by atoms with Gasteiger partial charge in [0.1, 0.15) is 17.6 Å². The number of halogens is 1. The van der Waals surface area contributed by atoms with Crippen molar-refractivity contribution in [3.63, 3.8) is 0 Å². The van der Waals surface area contributed by atoms with Crippen LogP contribution < -0.4 is 9.64 Å². The maximum atomic E-state index is 13.2. The molecule has 1 fully saturated rings. The second-order valence-electron chi connectivity index (χ2n) is 7.68. The molecular weight excluding hydrogens is 538 g/mol. The van der Waals surface area contributed by atoms with Crippen LogP contribution in [0.3, 0.4) is 0 Å². The zero-order chi connectivity index (χ0) is 25.2. The van der Waals surface area contributed by atoms with Gasteiger partial charge in [-0.3, -0.25) is 14.5 Å². The molecule has 2 aromatic carbocycles. The van der Waals surface area contributed by atoms with Gasteiger partial charge in [-0.2, -0.15) is 0 Å². The lowest BCUT2D eigenvalue weighted by Crippen LogP contribution is -2.29. The molecule has 0 bridgehead atoms. The number of aliphatic hydroxyl groups excluding tert-OH is 1. The van der Waals surface area contributed by atoms with Crippen molar-refractivity contribution in [1.29, 1.82) is 0 Å². The van der Waals surface area contributed by atoms with Crippen LogP contribution in [0.1, 0.15) is 22.0 Å². The van der Waals surface area contributed by atoms with Gasteiger partial charge < -0.3 is 9.84 Å². The highest BCUT2D eigenvalue weighted by Crippen LogP contribution is 2.45. The highest BCUT2D eigenvalue weighted by atomic mass is 35.5. The van der Waals surface area contributed by atoms with E-state index in [1.165, 1.54) is 39.3 Å². The molecule has 1 unspecified atom stereocenters. The highest BCUT2D eigenvalue weighted by Gasteiger charge is 2.48. The Hall–Kier alpha value is -3.18. The average Bonchev–Trinajstić information content (AvgIpc) is 3.64. The van der Waals surface area contributed by atoms with Crippen molar-refractivity contribution in [1.82, 2.24) is 10.2 Å². The molecule has 4 aromatic rings. The number of aromatic nitrogens is 2. The second kappa shape index (κ2) is 10.4. The van der Waals surface area contributed by atoms with Crippen LogP contribution in [0.2, 0.25) is 5.02 Å². The molecule has 0 saturated carbocycles. The third-order valence-corrected chi connectivity index (χ3v) is 8.80. The Bertz CT molecular complexity index is 1430. The van der Waals surface area contributed by atoms with Crippen LogP contribution in [0.5, 0.6) is 5.75 Å². The normalized spacial score (nSPS) is 17.1. The van der Waals surface area contributed by atoms with Crippen molar-refractivity contribution >= 4 is 68.6 Å². The molecule has 36 heavy (non-hydrogen) atoms. The van der Waals surface area contributed by atoms with E-state index in [-0.39, 0.29) is 11.3 Å². The van der Waals surface area contributed by atoms with Crippen molar-refractivity contribution in [3.8, 4) is 5.75 Å². The Balaban J connectivity index is 1.49. The number of anilines is 1. The van der Waals surface area contributed by atoms with Crippen LogP contribution in [0.25, 0.3) is 5.76 Å². The summed E-state index contributed by atoms with van der Waals surface area (Å²) in [7, 11) is 1.54. The average molecular weight is 556 g/mol. The number of ether oxygens (including phenoxy) is 1. The summed E-state index contributed by atoms with van der Waals surface area (Å²) in [6.45, 7) is 0. The van der Waals surface area contributed by atoms with E-state index in [0.29, 0.717) is 31.6 Å². The first-order chi connectivity index (χ1) is 17.5. The number of methoxy groups -OCH3 is 1. The van der Waals surface area contributed by atoms with Gasteiger partial charge in [0.05, 0.1) is 12.7 Å². The summed E-state index contributed by atoms with van der Waals surface area (Å²) in [5, 5.41) is 22.4. The van der Waals surface area contributed by atoms with Gasteiger partial charge in [0, 0.05) is 21.2 Å². The quantitative estimate of drug-likeness (QED) is 0.0956. The SMILES string of the molecule is COc1ccc(/C(O)=C2/C(=O)C(=O)N(c3nnc(SCc4ccc(Cl)cc4)s3)C2c2cccs2)cc1. The number of aliphatic hydroxyl groups is 1. The zero-order valence-corrected chi connectivity index (χ0v) is 22.0. The van der Waals surface area contributed by atoms with Crippen molar-refractivity contribution < 1.29 is 19.4 Å². The smallest absolute Gasteiger partial charge is 0.301 e. The lowest BCUT2D eigenvalue weighted by molar-refractivity contribution is -0.132. The molecule has 3 heterocycles. The van der Waals surface area contributed by atoms with E-state index in [0.717, 1.165) is 10.4 Å². The second-order valence-corrected chi connectivity index (χ2v) is 11.3. The number of thioether (sulfide) groups is 1. The summed E-state index contributed by atoms with van der Waals surface area (Å²) in [6.07, 6.45) is 0. The standard InChI is InChI=1S/C25H18ClN3O4S3/c1-33-17-10-6-15(7-11-17)21(30)19-20(18-3-2-12-34-18)29(23(32)22(19)31)24-27-28-25(36-24)35-13-14-4-8-16(26)9-5-14/h2-12,20,30H,13H2,1H3/b21-19-. The Morgan fingerprint density at radius 2 is 1.86 bits per heavy atom. The summed E-state index contributed by atoms with van der Waals surface area (Å²) in [5.74, 6) is -0.518. The molecule has 1 aliphatic rings. The fraction of sp³-hybridized carbons (Fsp3) is 0.120. The van der Waals surface area contributed by atoms with Crippen LogP contribution in [0, 0.1) is 0 Å². The van der Waals surface area contributed by atoms with Crippen molar-refractivity contribution in [2.24, 2.45) is 0 Å². The number of ketones is 1. The fourth-order valence-electron chi connectivity index (χ4n) is 3.73. The van der Waals surface area contributed by atoms with Crippen LogP contribution in [0.4, 0.5) is 5.13 Å². The largest absolute Gasteiger partial charge is 0.507 e. The molecule has 182 valence electrons. The van der Waals surface area contributed by atoms with E-state index < -0.39 is 17.7 Å². The monoisotopic (exact) mass is 555 g/mol. The Morgan fingerprint density at radius 1 is 1.11 bits per heavy atom. The van der Waals surface area contributed by atoms with Gasteiger partial charge in [0.2, 0.25) is 5.13 Å². The molecule has 5 rings (SSSR count). The Kier molecular flexibility index (Phi) is 7.10. The first kappa shape index (κ1) is 24.5. The minimum Gasteiger partial charge on any atom is -0.507 e. The number of hydrogen-bond acceptors (Lipinski definition) is 9. The van der Waals surface area contributed by atoms with E-state index in [1.54, 1.807) is 31.4 Å². The summed E-state index contributed by atoms with van der Waals surface area (Å²) in [4.78, 5) is 28.5. The van der Waals surface area contributed by atoms with Gasteiger partial charge in [-0.05, 0) is 53.4 Å². The van der Waals surface area contributed by atoms with E-state index in [4.69, 9.17) is 16.3 Å². The van der Waals surface area contributed by atoms with Crippen LogP contribution in [-0.2, 0) is 15.3 Å². The molecule has 1 saturated heterocycles. The van der Waals surface area contributed by atoms with Crippen LogP contribution >= 0.6 is 46.0 Å². The maximum Gasteiger partial charge on any atom is 0.301 e. The molecule has 1 amide bonds. The summed E-state index contributed by atoms with van der Waals surface area (Å²) >= 11 is 10.0. The first-order valence-electron chi connectivity index (χ1n) is 10.7. The number of carbonyl (C=O) groups is 2. The number of thiophene rings is 1. The number of amides is 1. The molecule has 11 heteroatoms. The summed E-state index contributed by atoms with van der Waals surface area (Å²) in [6, 6.07) is 17.0. The molecule has 7 nitrogen and oxygen atoms in total. The van der Waals surface area contributed by atoms with Crippen LogP contribution in [0.15, 0.2) is 76.0 Å². The van der Waals surface area contributed by atoms with Gasteiger partial charge >= 0.3 is 5.91 Å². The van der Waals surface area contributed by atoms with Gasteiger partial charge in [0.15, 0.2) is 4.34 Å². The van der Waals surface area contributed by atoms with E-state index in [2.05, 4.69) is 10.2 Å². The molecule has 1 aliphatic heterocycles. The number of nitrogens with zero attached hydrogens (tertiary/aromatic N) is 3. The highest BCUT2D eigenvalue weighted by molar-refractivity contribution is 8.00.